The van der Waals surface area contributed by atoms with Crippen molar-refractivity contribution >= 4 is 47.7 Å². The van der Waals surface area contributed by atoms with Crippen molar-refractivity contribution in [1.82, 2.24) is 56.6 Å². The molecule has 0 aromatic carbocycles. The first-order chi connectivity index (χ1) is 41.4. The number of ether oxygens (including phenoxy) is 4. The van der Waals surface area contributed by atoms with Gasteiger partial charge in [-0.05, 0) is 37.5 Å². The summed E-state index contributed by atoms with van der Waals surface area (Å²) in [4.78, 5) is 130. The average Bonchev–Trinajstić information content (AvgIpc) is 1.64. The minimum Gasteiger partial charge on any atom is -0.480 e. The summed E-state index contributed by atoms with van der Waals surface area (Å²) in [5.74, 6) is -5.23. The van der Waals surface area contributed by atoms with Crippen molar-refractivity contribution in [1.29, 1.82) is 0 Å². The summed E-state index contributed by atoms with van der Waals surface area (Å²) in [6.45, 7) is 10.2. The van der Waals surface area contributed by atoms with E-state index in [-0.39, 0.29) is 51.5 Å². The first-order valence-electron chi connectivity index (χ1n) is 30.6. The lowest BCUT2D eigenvalue weighted by Gasteiger charge is -2.36. The van der Waals surface area contributed by atoms with E-state index in [2.05, 4.69) is 61.0 Å². The summed E-state index contributed by atoms with van der Waals surface area (Å²) >= 11 is 0. The van der Waals surface area contributed by atoms with Gasteiger partial charge in [0.15, 0.2) is 18.5 Å². The zero-order valence-corrected chi connectivity index (χ0v) is 51.0. The molecule has 1 aromatic heterocycles. The van der Waals surface area contributed by atoms with Crippen LogP contribution >= 0.6 is 0 Å². The van der Waals surface area contributed by atoms with Crippen LogP contribution in [0.3, 0.4) is 0 Å². The molecule has 9 amide bonds. The number of nitrogens with one attached hydrogen (secondary N) is 8. The fourth-order valence-electron chi connectivity index (χ4n) is 10.9. The number of aromatic amines is 1. The van der Waals surface area contributed by atoms with Crippen LogP contribution in [0.2, 0.25) is 0 Å². The highest BCUT2D eigenvalue weighted by atomic mass is 16.7. The number of carbonyl (C=O) groups is 7. The number of aliphatic imine (C=N–C) groups is 1. The second kappa shape index (κ2) is 34.9. The average molecular weight is 1240 g/mol. The van der Waals surface area contributed by atoms with Crippen molar-refractivity contribution in [2.45, 2.75) is 223 Å². The Morgan fingerprint density at radius 2 is 1.43 bits per heavy atom. The number of imide groups is 1. The number of amides is 9. The van der Waals surface area contributed by atoms with Gasteiger partial charge in [-0.2, -0.15) is 0 Å². The molecular formula is C56H95N13O18. The van der Waals surface area contributed by atoms with Crippen molar-refractivity contribution < 1.29 is 78.0 Å². The van der Waals surface area contributed by atoms with Crippen LogP contribution in [0.4, 0.5) is 14.4 Å². The van der Waals surface area contributed by atoms with E-state index in [4.69, 9.17) is 24.7 Å². The zero-order chi connectivity index (χ0) is 64.1. The van der Waals surface area contributed by atoms with Crippen molar-refractivity contribution in [3.63, 3.8) is 0 Å². The molecule has 0 saturated carbocycles. The third kappa shape index (κ3) is 19.8. The number of nitrogens with zero attached hydrogens (tertiary/aromatic N) is 4. The monoisotopic (exact) mass is 1240 g/mol. The minimum atomic E-state index is -1.97. The summed E-state index contributed by atoms with van der Waals surface area (Å²) in [7, 11) is 1.25. The van der Waals surface area contributed by atoms with E-state index in [1.54, 1.807) is 27.7 Å². The number of carboxylic acids is 1. The van der Waals surface area contributed by atoms with Crippen molar-refractivity contribution in [3.05, 3.63) is 33.1 Å². The van der Waals surface area contributed by atoms with Gasteiger partial charge in [-0.25, -0.2) is 24.0 Å². The van der Waals surface area contributed by atoms with E-state index in [1.807, 2.05) is 0 Å². The molecule has 3 saturated heterocycles. The van der Waals surface area contributed by atoms with Crippen LogP contribution in [0, 0.1) is 11.8 Å². The van der Waals surface area contributed by atoms with Gasteiger partial charge in [0.2, 0.25) is 11.8 Å². The second-order valence-electron chi connectivity index (χ2n) is 23.2. The van der Waals surface area contributed by atoms with Crippen molar-refractivity contribution in [2.24, 2.45) is 22.6 Å². The van der Waals surface area contributed by atoms with Crippen LogP contribution in [-0.2, 0) is 38.1 Å². The fraction of sp³-hybridized carbons (Fsp3) is 0.786. The first kappa shape index (κ1) is 71.3. The summed E-state index contributed by atoms with van der Waals surface area (Å²) < 4.78 is 25.5. The molecule has 8 unspecified atom stereocenters. The zero-order valence-electron chi connectivity index (χ0n) is 51.0. The number of rotatable bonds is 36. The maximum Gasteiger partial charge on any atom is 0.330 e. The lowest BCUT2D eigenvalue weighted by molar-refractivity contribution is -0.233. The fourth-order valence-corrected chi connectivity index (χ4v) is 10.9. The van der Waals surface area contributed by atoms with Crippen LogP contribution in [0.25, 0.3) is 0 Å². The lowest BCUT2D eigenvalue weighted by atomic mass is 9.97. The third-order valence-corrected chi connectivity index (χ3v) is 16.0. The van der Waals surface area contributed by atoms with E-state index in [1.165, 1.54) is 7.11 Å². The van der Waals surface area contributed by atoms with Gasteiger partial charge in [-0.15, -0.1) is 0 Å². The number of unbranched alkanes of at least 4 members (excludes halogenated alkanes) is 10. The Bertz CT molecular complexity index is 2570. The molecule has 1 aromatic rings. The number of carbonyl (C=O) groups excluding carboxylic acids is 6. The van der Waals surface area contributed by atoms with Crippen LogP contribution < -0.4 is 54.2 Å². The minimum absolute atomic E-state index is 0.0453. The molecular weight excluding hydrogens is 1140 g/mol. The molecule has 0 radical (unpaired) electrons. The Hall–Kier alpha value is -6.48. The third-order valence-electron chi connectivity index (χ3n) is 16.0. The number of aliphatic hydroxyl groups excluding tert-OH is 4. The van der Waals surface area contributed by atoms with Gasteiger partial charge in [-0.1, -0.05) is 106 Å². The molecule has 3 fully saturated rings. The number of carboxylic acid groups (broad SMARTS) is 1. The Morgan fingerprint density at radius 1 is 0.770 bits per heavy atom. The Labute approximate surface area is 506 Å². The molecule has 492 valence electrons. The number of hydrogen-bond donors (Lipinski definition) is 14. The van der Waals surface area contributed by atoms with Gasteiger partial charge in [-0.3, -0.25) is 38.6 Å². The maximum absolute atomic E-state index is 15.1. The normalized spacial score (nSPS) is 25.6. The number of aliphatic hydroxyl groups is 4. The van der Waals surface area contributed by atoms with Gasteiger partial charge in [0.05, 0.1) is 12.1 Å². The molecule has 15 atom stereocenters. The number of H-pyrrole nitrogens is 1. The maximum atomic E-state index is 15.1. The number of methoxy groups -OCH3 is 1. The molecule has 87 heavy (non-hydrogen) atoms. The topological polar surface area (TPSA) is 441 Å². The van der Waals surface area contributed by atoms with Gasteiger partial charge >= 0.3 is 29.8 Å². The molecule has 5 rings (SSSR count). The second-order valence-corrected chi connectivity index (χ2v) is 23.2. The number of aromatic nitrogens is 2. The summed E-state index contributed by atoms with van der Waals surface area (Å²) in [5, 5.41) is 74.6. The van der Waals surface area contributed by atoms with Crippen LogP contribution in [0.15, 0.2) is 26.8 Å². The predicted molar refractivity (Wildman–Crippen MR) is 313 cm³/mol. The Morgan fingerprint density at radius 3 is 2.05 bits per heavy atom. The lowest BCUT2D eigenvalue weighted by Crippen LogP contribution is -2.66. The Kier molecular flexibility index (Phi) is 28.6. The van der Waals surface area contributed by atoms with E-state index >= 15 is 4.79 Å². The molecule has 0 spiro atoms. The van der Waals surface area contributed by atoms with Gasteiger partial charge in [0, 0.05) is 58.6 Å². The molecule has 4 aliphatic heterocycles. The van der Waals surface area contributed by atoms with Crippen LogP contribution in [-0.4, -0.2) is 224 Å². The summed E-state index contributed by atoms with van der Waals surface area (Å²) in [6, 6.07) is -8.50. The predicted octanol–water partition coefficient (Wildman–Crippen LogP) is -1.24. The van der Waals surface area contributed by atoms with Crippen molar-refractivity contribution in [2.75, 3.05) is 46.4 Å². The summed E-state index contributed by atoms with van der Waals surface area (Å²) in [5.41, 5.74) is 4.14. The number of nitrogens with two attached hydrogens (primary N) is 1. The summed E-state index contributed by atoms with van der Waals surface area (Å²) in [6.07, 6.45) is -4.43. The van der Waals surface area contributed by atoms with Crippen LogP contribution in [0.1, 0.15) is 138 Å². The SMILES string of the molecule is CCCCCCCCNC(=O)NC[C@H]1OC(OC(C2C(=O)N(CCCCCCCC)C(=O)N2CCCNC(=O)C(NC(=O)C(NC(=O)NC(C(=O)O)C(C)C)C2CCN=C(N)N2)C(O)C(C)C)[C@H]2O[C@@H](n3ccc(=O)[nH]c3=O)[C@H](O)[C@@H]2O)[C@H](OC)[C@@H]1O. The van der Waals surface area contributed by atoms with Crippen molar-refractivity contribution in [3.8, 4) is 0 Å². The van der Waals surface area contributed by atoms with Gasteiger partial charge in [0.1, 0.15) is 66.9 Å². The highest BCUT2D eigenvalue weighted by Crippen LogP contribution is 2.38. The smallest absolute Gasteiger partial charge is 0.330 e. The van der Waals surface area contributed by atoms with Crippen LogP contribution in [0.5, 0.6) is 0 Å². The molecule has 0 aliphatic carbocycles. The first-order valence-corrected chi connectivity index (χ1v) is 30.6. The highest BCUT2D eigenvalue weighted by Gasteiger charge is 2.59. The number of guanidine groups is 1. The van der Waals surface area contributed by atoms with E-state index in [0.29, 0.717) is 19.4 Å². The molecule has 31 heteroatoms. The molecule has 31 nitrogen and oxygen atoms in total. The quantitative estimate of drug-likeness (QED) is 0.0276. The Balaban J connectivity index is 1.43. The standard InChI is InChI=1S/C56H95N13O18/c1-8-10-12-14-16-18-23-60-53(80)61-29-33-40(72)45(84-7)51(85-33)87-43(44-41(73)42(74)49(86-44)69-28-22-34(70)63-55(69)82)38-48(77)68(26-19-17-15-13-11-9-2)56(83)67(38)27-20-24-58-46(75)37(39(71)31(5)6)64-47(76)36(32-21-25-59-52(57)62-32)66-54(81)65-35(30(3)4)50(78)79/h22,28,30-33,35-45,49,51,71-74H,8-21,23-27,29H2,1-7H3,(H,58,75)(H,64,76)(H,78,79)(H3,57,59,62)(H2,60,61,80)(H,63,70,82)(H2,65,66,81)/t32?,33-,35?,36?,37?,38?,39?,40-,41+,42-,43?,44+,45-,49-,51?/m1/s1. The largest absolute Gasteiger partial charge is 0.480 e. The molecule has 4 aliphatic rings. The van der Waals surface area contributed by atoms with Gasteiger partial charge in [0.25, 0.3) is 11.5 Å². The van der Waals surface area contributed by atoms with Gasteiger partial charge < -0.3 is 92.3 Å². The number of urea groups is 3. The number of aliphatic carboxylic acids is 1. The number of hydrogen-bond acceptors (Lipinski definition) is 20. The van der Waals surface area contributed by atoms with E-state index in [0.717, 1.165) is 90.8 Å². The molecule has 0 bridgehead atoms. The highest BCUT2D eigenvalue weighted by molar-refractivity contribution is 6.04. The van der Waals surface area contributed by atoms with E-state index < -0.39 is 156 Å². The molecule has 15 N–H and O–H groups in total. The molecule has 5 heterocycles. The van der Waals surface area contributed by atoms with E-state index in [9.17, 15) is 63.9 Å².